The van der Waals surface area contributed by atoms with Crippen LogP contribution in [0.5, 0.6) is 0 Å². The Morgan fingerprint density at radius 1 is 1.21 bits per heavy atom. The Kier molecular flexibility index (Phi) is 6.83. The van der Waals surface area contributed by atoms with Crippen LogP contribution in [-0.4, -0.2) is 33.3 Å². The maximum Gasteiger partial charge on any atom is 0.416 e. The lowest BCUT2D eigenvalue weighted by Gasteiger charge is -2.22. The number of nitrogens with zero attached hydrogens (tertiary/aromatic N) is 2. The molecule has 2 aromatic rings. The summed E-state index contributed by atoms with van der Waals surface area (Å²) >= 11 is 3.23. The van der Waals surface area contributed by atoms with Gasteiger partial charge < -0.3 is 0 Å². The number of benzene rings is 2. The van der Waals surface area contributed by atoms with Gasteiger partial charge in [-0.2, -0.15) is 18.3 Å². The molecule has 0 heterocycles. The highest BCUT2D eigenvalue weighted by Crippen LogP contribution is 2.29. The second-order valence-corrected chi connectivity index (χ2v) is 8.40. The molecule has 0 atom stereocenters. The van der Waals surface area contributed by atoms with Crippen molar-refractivity contribution < 1.29 is 26.4 Å². The lowest BCUT2D eigenvalue weighted by atomic mass is 10.1. The van der Waals surface area contributed by atoms with Gasteiger partial charge in [-0.3, -0.25) is 9.10 Å². The molecular weight excluding hydrogens is 463 g/mol. The highest BCUT2D eigenvalue weighted by molar-refractivity contribution is 9.10. The molecule has 0 aliphatic heterocycles. The van der Waals surface area contributed by atoms with Crippen molar-refractivity contribution in [2.75, 3.05) is 17.1 Å². The molecule has 0 aliphatic rings. The van der Waals surface area contributed by atoms with Gasteiger partial charge >= 0.3 is 6.18 Å². The summed E-state index contributed by atoms with van der Waals surface area (Å²) in [5.74, 6) is -0.760. The van der Waals surface area contributed by atoms with Crippen LogP contribution in [0, 0.1) is 0 Å². The number of carbonyl (C=O) groups is 1. The van der Waals surface area contributed by atoms with Crippen LogP contribution in [-0.2, 0) is 21.0 Å². The Bertz CT molecular complexity index is 994. The fourth-order valence-corrected chi connectivity index (χ4v) is 3.66. The van der Waals surface area contributed by atoms with Gasteiger partial charge in [-0.05, 0) is 45.8 Å². The first-order chi connectivity index (χ1) is 13.0. The molecule has 6 nitrogen and oxygen atoms in total. The predicted molar refractivity (Wildman–Crippen MR) is 104 cm³/mol. The second kappa shape index (κ2) is 8.74. The van der Waals surface area contributed by atoms with E-state index in [0.29, 0.717) is 4.47 Å². The Labute approximate surface area is 168 Å². The molecule has 28 heavy (non-hydrogen) atoms. The van der Waals surface area contributed by atoms with Gasteiger partial charge in [0.1, 0.15) is 6.54 Å². The zero-order valence-corrected chi connectivity index (χ0v) is 16.8. The van der Waals surface area contributed by atoms with E-state index in [9.17, 15) is 26.4 Å². The maximum atomic E-state index is 12.7. The summed E-state index contributed by atoms with van der Waals surface area (Å²) in [6.45, 7) is -0.554. The van der Waals surface area contributed by atoms with E-state index in [2.05, 4.69) is 26.5 Å². The van der Waals surface area contributed by atoms with Crippen LogP contribution >= 0.6 is 15.9 Å². The van der Waals surface area contributed by atoms with Gasteiger partial charge in [0.25, 0.3) is 5.91 Å². The van der Waals surface area contributed by atoms with Gasteiger partial charge in [-0.25, -0.2) is 13.8 Å². The number of amides is 1. The molecule has 0 fully saturated rings. The fourth-order valence-electron chi connectivity index (χ4n) is 2.17. The lowest BCUT2D eigenvalue weighted by Crippen LogP contribution is -2.39. The summed E-state index contributed by atoms with van der Waals surface area (Å²) in [5.41, 5.74) is 1.65. The molecule has 1 amide bonds. The van der Waals surface area contributed by atoms with Gasteiger partial charge in [0.05, 0.1) is 23.7 Å². The monoisotopic (exact) mass is 477 g/mol. The minimum atomic E-state index is -4.49. The van der Waals surface area contributed by atoms with E-state index in [4.69, 9.17) is 0 Å². The second-order valence-electron chi connectivity index (χ2n) is 5.64. The number of para-hydroxylation sites is 1. The quantitative estimate of drug-likeness (QED) is 0.511. The minimum Gasteiger partial charge on any atom is -0.271 e. The van der Waals surface area contributed by atoms with E-state index in [1.165, 1.54) is 18.2 Å². The summed E-state index contributed by atoms with van der Waals surface area (Å²) in [4.78, 5) is 12.1. The smallest absolute Gasteiger partial charge is 0.271 e. The summed E-state index contributed by atoms with van der Waals surface area (Å²) in [7, 11) is -3.77. The highest BCUT2D eigenvalue weighted by atomic mass is 79.9. The normalized spacial score (nSPS) is 12.2. The first-order valence-electron chi connectivity index (χ1n) is 7.70. The van der Waals surface area contributed by atoms with E-state index in [1.54, 1.807) is 18.2 Å². The number of hydrogen-bond acceptors (Lipinski definition) is 4. The zero-order chi connectivity index (χ0) is 20.9. The van der Waals surface area contributed by atoms with Crippen LogP contribution in [0.25, 0.3) is 0 Å². The topological polar surface area (TPSA) is 78.8 Å². The Hall–Kier alpha value is -2.40. The predicted octanol–water partition coefficient (Wildman–Crippen LogP) is 3.38. The number of hydrogen-bond donors (Lipinski definition) is 1. The van der Waals surface area contributed by atoms with Crippen LogP contribution in [0.15, 0.2) is 58.1 Å². The van der Waals surface area contributed by atoms with Crippen molar-refractivity contribution in [2.24, 2.45) is 5.10 Å². The van der Waals surface area contributed by atoms with Crippen LogP contribution in [0.1, 0.15) is 11.1 Å². The molecule has 0 aliphatic carbocycles. The maximum absolute atomic E-state index is 12.7. The van der Waals surface area contributed by atoms with E-state index in [1.807, 2.05) is 0 Å². The first kappa shape index (κ1) is 21.9. The largest absolute Gasteiger partial charge is 0.416 e. The fraction of sp³-hybridized carbons (Fsp3) is 0.176. The van der Waals surface area contributed by atoms with E-state index in [-0.39, 0.29) is 11.3 Å². The van der Waals surface area contributed by atoms with Crippen LogP contribution in [0.4, 0.5) is 18.9 Å². The zero-order valence-electron chi connectivity index (χ0n) is 14.4. The van der Waals surface area contributed by atoms with E-state index in [0.717, 1.165) is 28.9 Å². The molecule has 0 saturated heterocycles. The number of halogens is 4. The van der Waals surface area contributed by atoms with Crippen molar-refractivity contribution in [3.63, 3.8) is 0 Å². The number of anilines is 1. The number of carbonyl (C=O) groups excluding carboxylic acids is 1. The van der Waals surface area contributed by atoms with Crippen molar-refractivity contribution in [1.82, 2.24) is 5.43 Å². The summed E-state index contributed by atoms with van der Waals surface area (Å²) in [5, 5.41) is 3.59. The van der Waals surface area contributed by atoms with Crippen LogP contribution in [0.3, 0.4) is 0 Å². The minimum absolute atomic E-state index is 0.126. The van der Waals surface area contributed by atoms with E-state index >= 15 is 0 Å². The van der Waals surface area contributed by atoms with Gasteiger partial charge in [0.15, 0.2) is 0 Å². The average molecular weight is 478 g/mol. The third-order valence-electron chi connectivity index (χ3n) is 3.43. The average Bonchev–Trinajstić information content (AvgIpc) is 2.59. The van der Waals surface area contributed by atoms with Gasteiger partial charge in [-0.15, -0.1) is 0 Å². The Balaban J connectivity index is 2.10. The van der Waals surface area contributed by atoms with Crippen molar-refractivity contribution in [3.05, 3.63) is 64.1 Å². The van der Waals surface area contributed by atoms with Gasteiger partial charge in [0, 0.05) is 4.47 Å². The van der Waals surface area contributed by atoms with Gasteiger partial charge in [-0.1, -0.05) is 24.3 Å². The molecule has 0 aromatic heterocycles. The number of nitrogens with one attached hydrogen (secondary N) is 1. The molecule has 0 unspecified atom stereocenters. The molecule has 2 aromatic carbocycles. The summed E-state index contributed by atoms with van der Waals surface area (Å²) < 4.78 is 63.5. The first-order valence-corrected chi connectivity index (χ1v) is 10.3. The molecule has 150 valence electrons. The standard InChI is InChI=1S/C17H15BrF3N3O3S/c1-28(26,27)24(15-8-3-2-7-14(15)18)11-16(25)23-22-10-12-5-4-6-13(9-12)17(19,20)21/h2-10H,11H2,1H3,(H,23,25)/b22-10-. The number of alkyl halides is 3. The van der Waals surface area contributed by atoms with Crippen LogP contribution in [0.2, 0.25) is 0 Å². The summed E-state index contributed by atoms with van der Waals surface area (Å²) in [6, 6.07) is 10.8. The Morgan fingerprint density at radius 2 is 1.89 bits per heavy atom. The lowest BCUT2D eigenvalue weighted by molar-refractivity contribution is -0.137. The van der Waals surface area contributed by atoms with Crippen LogP contribution < -0.4 is 9.73 Å². The molecule has 0 radical (unpaired) electrons. The number of hydrazone groups is 1. The highest BCUT2D eigenvalue weighted by Gasteiger charge is 2.30. The van der Waals surface area contributed by atoms with E-state index < -0.39 is 34.2 Å². The Morgan fingerprint density at radius 3 is 2.50 bits per heavy atom. The number of rotatable bonds is 6. The third kappa shape index (κ3) is 6.06. The third-order valence-corrected chi connectivity index (χ3v) is 5.22. The van der Waals surface area contributed by atoms with Crippen molar-refractivity contribution in [3.8, 4) is 0 Å². The van der Waals surface area contributed by atoms with Gasteiger partial charge in [0.2, 0.25) is 10.0 Å². The molecule has 0 saturated carbocycles. The van der Waals surface area contributed by atoms with Crippen molar-refractivity contribution in [2.45, 2.75) is 6.18 Å². The molecule has 2 rings (SSSR count). The SMILES string of the molecule is CS(=O)(=O)N(CC(=O)N/N=C\c1cccc(C(F)(F)F)c1)c1ccccc1Br. The molecule has 0 bridgehead atoms. The molecular formula is C17H15BrF3N3O3S. The molecule has 11 heteroatoms. The van der Waals surface area contributed by atoms with Crippen molar-refractivity contribution >= 4 is 43.8 Å². The summed E-state index contributed by atoms with van der Waals surface area (Å²) in [6.07, 6.45) is -2.51. The number of sulfonamides is 1. The van der Waals surface area contributed by atoms with Crippen molar-refractivity contribution in [1.29, 1.82) is 0 Å². The molecule has 0 spiro atoms. The molecule has 1 N–H and O–H groups in total.